The van der Waals surface area contributed by atoms with Crippen LogP contribution in [0.4, 0.5) is 0 Å². The minimum atomic E-state index is -1.15. The molecule has 0 saturated heterocycles. The summed E-state index contributed by atoms with van der Waals surface area (Å²) in [6, 6.07) is 2.76. The topological polar surface area (TPSA) is 88.9 Å². The molecule has 2 N–H and O–H groups in total. The van der Waals surface area contributed by atoms with E-state index in [0.717, 1.165) is 0 Å². The van der Waals surface area contributed by atoms with Crippen LogP contribution >= 0.6 is 0 Å². The van der Waals surface area contributed by atoms with Gasteiger partial charge in [-0.3, -0.25) is 0 Å². The minimum Gasteiger partial charge on any atom is -0.478 e. The van der Waals surface area contributed by atoms with E-state index in [-0.39, 0.29) is 11.4 Å². The van der Waals surface area contributed by atoms with Crippen LogP contribution in [-0.4, -0.2) is 40.2 Å². The van der Waals surface area contributed by atoms with Crippen molar-refractivity contribution in [1.82, 2.24) is 4.98 Å². The van der Waals surface area contributed by atoms with Crippen LogP contribution in [0.15, 0.2) is 18.3 Å². The van der Waals surface area contributed by atoms with Crippen LogP contribution < -0.4 is 4.74 Å². The molecule has 1 heterocycles. The fraction of sp³-hybridized carbons (Fsp3) is 0.500. The maximum absolute atomic E-state index is 10.7. The first-order chi connectivity index (χ1) is 8.38. The number of hydrogen-bond acceptors (Lipinski definition) is 5. The van der Waals surface area contributed by atoms with Gasteiger partial charge in [-0.15, -0.1) is 0 Å². The molecule has 0 unspecified atom stereocenters. The summed E-state index contributed by atoms with van der Waals surface area (Å²) in [6.45, 7) is 3.78. The molecule has 0 atom stereocenters. The molecule has 1 aromatic rings. The van der Waals surface area contributed by atoms with E-state index in [1.807, 2.05) is 0 Å². The number of rotatable bonds is 7. The Morgan fingerprint density at radius 1 is 1.44 bits per heavy atom. The fourth-order valence-corrected chi connectivity index (χ4v) is 1.18. The number of aliphatic hydroxyl groups is 1. The van der Waals surface area contributed by atoms with Crippen LogP contribution in [0.1, 0.15) is 30.6 Å². The highest BCUT2D eigenvalue weighted by atomic mass is 16.6. The monoisotopic (exact) mass is 255 g/mol. The van der Waals surface area contributed by atoms with Crippen LogP contribution in [0.2, 0.25) is 0 Å². The number of aromatic nitrogens is 1. The number of carboxylic acid groups (broad SMARTS) is 1. The van der Waals surface area contributed by atoms with E-state index in [9.17, 15) is 9.90 Å². The van der Waals surface area contributed by atoms with Crippen LogP contribution in [-0.2, 0) is 4.74 Å². The van der Waals surface area contributed by atoms with Crippen molar-refractivity contribution in [3.63, 3.8) is 0 Å². The Balaban J connectivity index is 2.31. The zero-order chi connectivity index (χ0) is 13.6. The smallest absolute Gasteiger partial charge is 0.335 e. The van der Waals surface area contributed by atoms with Crippen molar-refractivity contribution in [3.05, 3.63) is 23.9 Å². The molecule has 1 aromatic heterocycles. The Morgan fingerprint density at radius 3 is 2.78 bits per heavy atom. The minimum absolute atomic E-state index is 0.132. The van der Waals surface area contributed by atoms with Crippen LogP contribution in [0.5, 0.6) is 5.88 Å². The van der Waals surface area contributed by atoms with Crippen molar-refractivity contribution in [2.75, 3.05) is 13.2 Å². The molecule has 1 rings (SSSR count). The van der Waals surface area contributed by atoms with Gasteiger partial charge in [0.1, 0.15) is 0 Å². The van der Waals surface area contributed by atoms with Gasteiger partial charge in [0.25, 0.3) is 0 Å². The van der Waals surface area contributed by atoms with Gasteiger partial charge in [0.2, 0.25) is 5.88 Å². The lowest BCUT2D eigenvalue weighted by molar-refractivity contribution is -0.176. The number of aromatic carboxylic acids is 1. The second-order valence-electron chi connectivity index (χ2n) is 4.19. The van der Waals surface area contributed by atoms with Gasteiger partial charge in [0.15, 0.2) is 5.79 Å². The van der Waals surface area contributed by atoms with Crippen molar-refractivity contribution in [3.8, 4) is 5.88 Å². The second kappa shape index (κ2) is 6.32. The lowest BCUT2D eigenvalue weighted by Gasteiger charge is -2.17. The van der Waals surface area contributed by atoms with Crippen molar-refractivity contribution in [2.24, 2.45) is 0 Å². The van der Waals surface area contributed by atoms with Gasteiger partial charge in [0, 0.05) is 18.7 Å². The third-order valence-corrected chi connectivity index (χ3v) is 1.98. The Labute approximate surface area is 105 Å². The molecule has 0 radical (unpaired) electrons. The second-order valence-corrected chi connectivity index (χ2v) is 4.19. The molecule has 0 aromatic carbocycles. The lowest BCUT2D eigenvalue weighted by Crippen LogP contribution is -2.24. The number of carboxylic acids is 1. The molecule has 0 spiro atoms. The van der Waals surface area contributed by atoms with Crippen molar-refractivity contribution < 1.29 is 24.5 Å². The average Bonchev–Trinajstić information content (AvgIpc) is 2.27. The van der Waals surface area contributed by atoms with Crippen LogP contribution in [0.3, 0.4) is 0 Å². The normalized spacial score (nSPS) is 11.3. The highest BCUT2D eigenvalue weighted by Gasteiger charge is 2.11. The van der Waals surface area contributed by atoms with Crippen LogP contribution in [0.25, 0.3) is 0 Å². The summed E-state index contributed by atoms with van der Waals surface area (Å²) >= 11 is 0. The molecule has 100 valence electrons. The standard InChI is InChI=1S/C12H17NO5/c1-12(2,16)18-7-3-6-17-10-8-9(11(14)15)4-5-13-10/h4-5,8,16H,3,6-7H2,1-2H3,(H,14,15). The Bertz CT molecular complexity index is 400. The summed E-state index contributed by atoms with van der Waals surface area (Å²) < 4.78 is 10.4. The molecule has 0 aliphatic heterocycles. The quantitative estimate of drug-likeness (QED) is 0.564. The number of hydrogen-bond donors (Lipinski definition) is 2. The van der Waals surface area contributed by atoms with Gasteiger partial charge in [-0.1, -0.05) is 0 Å². The molecule has 18 heavy (non-hydrogen) atoms. The number of pyridine rings is 1. The average molecular weight is 255 g/mol. The van der Waals surface area contributed by atoms with E-state index in [2.05, 4.69) is 4.98 Å². The summed E-state index contributed by atoms with van der Waals surface area (Å²) in [4.78, 5) is 14.6. The summed E-state index contributed by atoms with van der Waals surface area (Å²) in [5, 5.41) is 18.1. The molecule has 6 nitrogen and oxygen atoms in total. The summed E-state index contributed by atoms with van der Waals surface area (Å²) in [5.41, 5.74) is 0.132. The molecule has 0 bridgehead atoms. The first kappa shape index (κ1) is 14.4. The third kappa shape index (κ3) is 5.60. The van der Waals surface area contributed by atoms with Crippen molar-refractivity contribution in [1.29, 1.82) is 0 Å². The van der Waals surface area contributed by atoms with Gasteiger partial charge in [-0.25, -0.2) is 9.78 Å². The molecule has 0 aliphatic rings. The molecule has 0 amide bonds. The molecule has 0 aliphatic carbocycles. The molecule has 0 saturated carbocycles. The molecular formula is C12H17NO5. The van der Waals surface area contributed by atoms with Gasteiger partial charge in [0.05, 0.1) is 18.8 Å². The van der Waals surface area contributed by atoms with Gasteiger partial charge < -0.3 is 19.7 Å². The summed E-state index contributed by atoms with van der Waals surface area (Å²) in [5.74, 6) is -1.91. The van der Waals surface area contributed by atoms with E-state index in [1.165, 1.54) is 18.3 Å². The Morgan fingerprint density at radius 2 is 2.17 bits per heavy atom. The van der Waals surface area contributed by atoms with Crippen LogP contribution in [0, 0.1) is 0 Å². The molecule has 0 fully saturated rings. The van der Waals surface area contributed by atoms with E-state index in [1.54, 1.807) is 13.8 Å². The van der Waals surface area contributed by atoms with Crippen molar-refractivity contribution in [2.45, 2.75) is 26.1 Å². The maximum Gasteiger partial charge on any atom is 0.335 e. The number of ether oxygens (including phenoxy) is 2. The van der Waals surface area contributed by atoms with E-state index in [0.29, 0.717) is 19.6 Å². The summed E-state index contributed by atoms with van der Waals surface area (Å²) in [6.07, 6.45) is 1.95. The molecule has 6 heteroatoms. The van der Waals surface area contributed by atoms with E-state index < -0.39 is 11.8 Å². The van der Waals surface area contributed by atoms with Gasteiger partial charge >= 0.3 is 5.97 Å². The predicted molar refractivity (Wildman–Crippen MR) is 63.6 cm³/mol. The first-order valence-electron chi connectivity index (χ1n) is 5.57. The zero-order valence-corrected chi connectivity index (χ0v) is 10.4. The third-order valence-electron chi connectivity index (χ3n) is 1.98. The van der Waals surface area contributed by atoms with E-state index in [4.69, 9.17) is 14.6 Å². The lowest BCUT2D eigenvalue weighted by atomic mass is 10.3. The summed E-state index contributed by atoms with van der Waals surface area (Å²) in [7, 11) is 0. The maximum atomic E-state index is 10.7. The number of carbonyl (C=O) groups is 1. The zero-order valence-electron chi connectivity index (χ0n) is 10.4. The van der Waals surface area contributed by atoms with Crippen molar-refractivity contribution >= 4 is 5.97 Å². The molecular weight excluding hydrogens is 238 g/mol. The van der Waals surface area contributed by atoms with Gasteiger partial charge in [-0.2, -0.15) is 0 Å². The fourth-order valence-electron chi connectivity index (χ4n) is 1.18. The Kier molecular flexibility index (Phi) is 5.06. The highest BCUT2D eigenvalue weighted by molar-refractivity contribution is 5.87. The Hall–Kier alpha value is -1.66. The largest absolute Gasteiger partial charge is 0.478 e. The number of nitrogens with zero attached hydrogens (tertiary/aromatic N) is 1. The van der Waals surface area contributed by atoms with Gasteiger partial charge in [-0.05, 0) is 19.9 Å². The predicted octanol–water partition coefficient (Wildman–Crippen LogP) is 1.29. The SMILES string of the molecule is CC(C)(O)OCCCOc1cc(C(=O)O)ccn1. The first-order valence-corrected chi connectivity index (χ1v) is 5.57. The van der Waals surface area contributed by atoms with E-state index >= 15 is 0 Å². The highest BCUT2D eigenvalue weighted by Crippen LogP contribution is 2.10.